The standard InChI is InChI=1S/C24H26O3/c1-24(2,3)20-14-18(12-16-4-8-21(25)9-5-16)23(27)19(15-20)13-17-6-10-22(26)11-7-17/h4-11,14-15,25-27H,12-13H2,1-3H3. The molecule has 0 atom stereocenters. The van der Waals surface area contributed by atoms with Crippen molar-refractivity contribution in [3.05, 3.63) is 88.5 Å². The van der Waals surface area contributed by atoms with Gasteiger partial charge in [-0.05, 0) is 57.5 Å². The first-order valence-corrected chi connectivity index (χ1v) is 9.13. The van der Waals surface area contributed by atoms with E-state index in [1.807, 2.05) is 24.3 Å². The van der Waals surface area contributed by atoms with Gasteiger partial charge in [0.15, 0.2) is 0 Å². The molecular formula is C24H26O3. The first-order valence-electron chi connectivity index (χ1n) is 9.13. The highest BCUT2D eigenvalue weighted by Gasteiger charge is 2.19. The smallest absolute Gasteiger partial charge is 0.122 e. The summed E-state index contributed by atoms with van der Waals surface area (Å²) in [6.45, 7) is 6.48. The maximum Gasteiger partial charge on any atom is 0.122 e. The molecule has 0 fully saturated rings. The van der Waals surface area contributed by atoms with Crippen molar-refractivity contribution in [2.24, 2.45) is 0 Å². The van der Waals surface area contributed by atoms with Gasteiger partial charge in [-0.1, -0.05) is 57.2 Å². The van der Waals surface area contributed by atoms with Gasteiger partial charge in [0.2, 0.25) is 0 Å². The van der Waals surface area contributed by atoms with Crippen LogP contribution < -0.4 is 0 Å². The molecular weight excluding hydrogens is 336 g/mol. The number of hydrogen-bond donors (Lipinski definition) is 3. The molecule has 3 heteroatoms. The van der Waals surface area contributed by atoms with Gasteiger partial charge >= 0.3 is 0 Å². The molecule has 0 aliphatic rings. The molecule has 0 saturated carbocycles. The molecule has 0 unspecified atom stereocenters. The zero-order chi connectivity index (χ0) is 19.6. The predicted molar refractivity (Wildman–Crippen MR) is 109 cm³/mol. The van der Waals surface area contributed by atoms with Gasteiger partial charge in [-0.15, -0.1) is 0 Å². The van der Waals surface area contributed by atoms with Crippen LogP contribution in [0.15, 0.2) is 60.7 Å². The number of phenols is 3. The lowest BCUT2D eigenvalue weighted by atomic mass is 9.83. The summed E-state index contributed by atoms with van der Waals surface area (Å²) in [5.41, 5.74) is 4.95. The SMILES string of the molecule is CC(C)(C)c1cc(Cc2ccc(O)cc2)c(O)c(Cc2ccc(O)cc2)c1. The van der Waals surface area contributed by atoms with Crippen LogP contribution in [0.2, 0.25) is 0 Å². The minimum absolute atomic E-state index is 0.0406. The molecule has 3 N–H and O–H groups in total. The number of hydrogen-bond acceptors (Lipinski definition) is 3. The molecule has 0 aliphatic carbocycles. The lowest BCUT2D eigenvalue weighted by Gasteiger charge is -2.23. The third-order valence-electron chi connectivity index (χ3n) is 4.80. The molecule has 0 aromatic heterocycles. The van der Waals surface area contributed by atoms with Crippen LogP contribution in [-0.2, 0) is 18.3 Å². The van der Waals surface area contributed by atoms with Crippen molar-refractivity contribution in [3.8, 4) is 17.2 Å². The second-order valence-corrected chi connectivity index (χ2v) is 8.08. The van der Waals surface area contributed by atoms with E-state index in [1.165, 1.54) is 5.56 Å². The summed E-state index contributed by atoms with van der Waals surface area (Å²) in [6.07, 6.45) is 1.19. The molecule has 0 saturated heterocycles. The molecule has 0 radical (unpaired) electrons. The van der Waals surface area contributed by atoms with Gasteiger partial charge in [0.25, 0.3) is 0 Å². The molecule has 27 heavy (non-hydrogen) atoms. The predicted octanol–water partition coefficient (Wildman–Crippen LogP) is 5.28. The van der Waals surface area contributed by atoms with Gasteiger partial charge in [-0.2, -0.15) is 0 Å². The van der Waals surface area contributed by atoms with Crippen LogP contribution in [0, 0.1) is 0 Å². The monoisotopic (exact) mass is 362 g/mol. The highest BCUT2D eigenvalue weighted by molar-refractivity contribution is 5.49. The van der Waals surface area contributed by atoms with Crippen LogP contribution in [0.5, 0.6) is 17.2 Å². The summed E-state index contributed by atoms with van der Waals surface area (Å²) in [5, 5.41) is 29.9. The van der Waals surface area contributed by atoms with E-state index in [9.17, 15) is 15.3 Å². The average Bonchev–Trinajstić information content (AvgIpc) is 2.61. The van der Waals surface area contributed by atoms with Gasteiger partial charge in [-0.3, -0.25) is 0 Å². The van der Waals surface area contributed by atoms with E-state index in [0.29, 0.717) is 18.6 Å². The van der Waals surface area contributed by atoms with E-state index in [4.69, 9.17) is 0 Å². The van der Waals surface area contributed by atoms with E-state index < -0.39 is 0 Å². The lowest BCUT2D eigenvalue weighted by molar-refractivity contribution is 0.461. The van der Waals surface area contributed by atoms with E-state index in [0.717, 1.165) is 22.3 Å². The molecule has 0 spiro atoms. The number of phenolic OH excluding ortho intramolecular Hbond substituents is 3. The summed E-state index contributed by atoms with van der Waals surface area (Å²) in [7, 11) is 0. The fraction of sp³-hybridized carbons (Fsp3) is 0.250. The van der Waals surface area contributed by atoms with Crippen LogP contribution in [-0.4, -0.2) is 15.3 Å². The van der Waals surface area contributed by atoms with E-state index in [2.05, 4.69) is 32.9 Å². The Labute approximate surface area is 160 Å². The fourth-order valence-corrected chi connectivity index (χ4v) is 3.13. The molecule has 140 valence electrons. The topological polar surface area (TPSA) is 60.7 Å². The van der Waals surface area contributed by atoms with Crippen molar-refractivity contribution in [2.75, 3.05) is 0 Å². The van der Waals surface area contributed by atoms with E-state index >= 15 is 0 Å². The first kappa shape index (κ1) is 18.8. The summed E-state index contributed by atoms with van der Waals surface area (Å²) >= 11 is 0. The highest BCUT2D eigenvalue weighted by atomic mass is 16.3. The third kappa shape index (κ3) is 4.62. The Morgan fingerprint density at radius 2 is 1.00 bits per heavy atom. The Bertz CT molecular complexity index is 849. The Kier molecular flexibility index (Phi) is 5.13. The minimum atomic E-state index is -0.0406. The zero-order valence-electron chi connectivity index (χ0n) is 16.0. The Balaban J connectivity index is 2.01. The van der Waals surface area contributed by atoms with Crippen LogP contribution in [0.1, 0.15) is 48.6 Å². The highest BCUT2D eigenvalue weighted by Crippen LogP contribution is 2.34. The number of rotatable bonds is 4. The molecule has 0 amide bonds. The second kappa shape index (κ2) is 7.36. The Hall–Kier alpha value is -2.94. The van der Waals surface area contributed by atoms with Crippen LogP contribution in [0.4, 0.5) is 0 Å². The molecule has 0 bridgehead atoms. The van der Waals surface area contributed by atoms with Gasteiger partial charge in [-0.25, -0.2) is 0 Å². The van der Waals surface area contributed by atoms with Crippen molar-refractivity contribution in [1.82, 2.24) is 0 Å². The summed E-state index contributed by atoms with van der Waals surface area (Å²) in [5.74, 6) is 0.781. The molecule has 3 nitrogen and oxygen atoms in total. The zero-order valence-corrected chi connectivity index (χ0v) is 16.0. The first-order chi connectivity index (χ1) is 12.7. The van der Waals surface area contributed by atoms with Gasteiger partial charge in [0.1, 0.15) is 17.2 Å². The number of aromatic hydroxyl groups is 3. The third-order valence-corrected chi connectivity index (χ3v) is 4.80. The molecule has 3 rings (SSSR count). The number of benzene rings is 3. The molecule has 0 aliphatic heterocycles. The van der Waals surface area contributed by atoms with Gasteiger partial charge in [0, 0.05) is 12.8 Å². The van der Waals surface area contributed by atoms with E-state index in [-0.39, 0.29) is 16.9 Å². The van der Waals surface area contributed by atoms with Crippen molar-refractivity contribution >= 4 is 0 Å². The summed E-state index contributed by atoms with van der Waals surface area (Å²) < 4.78 is 0. The summed E-state index contributed by atoms with van der Waals surface area (Å²) in [6, 6.07) is 18.3. The molecule has 0 heterocycles. The lowest BCUT2D eigenvalue weighted by Crippen LogP contribution is -2.12. The Morgan fingerprint density at radius 1 is 0.630 bits per heavy atom. The maximum absolute atomic E-state index is 10.9. The molecule has 3 aromatic rings. The van der Waals surface area contributed by atoms with Crippen LogP contribution >= 0.6 is 0 Å². The summed E-state index contributed by atoms with van der Waals surface area (Å²) in [4.78, 5) is 0. The maximum atomic E-state index is 10.9. The van der Waals surface area contributed by atoms with Crippen molar-refractivity contribution in [1.29, 1.82) is 0 Å². The fourth-order valence-electron chi connectivity index (χ4n) is 3.13. The minimum Gasteiger partial charge on any atom is -0.508 e. The van der Waals surface area contributed by atoms with E-state index in [1.54, 1.807) is 24.3 Å². The largest absolute Gasteiger partial charge is 0.508 e. The van der Waals surface area contributed by atoms with Gasteiger partial charge in [0.05, 0.1) is 0 Å². The quantitative estimate of drug-likeness (QED) is 0.591. The van der Waals surface area contributed by atoms with Gasteiger partial charge < -0.3 is 15.3 Å². The second-order valence-electron chi connectivity index (χ2n) is 8.08. The van der Waals surface area contributed by atoms with Crippen molar-refractivity contribution in [2.45, 2.75) is 39.0 Å². The average molecular weight is 362 g/mol. The van der Waals surface area contributed by atoms with Crippen molar-refractivity contribution < 1.29 is 15.3 Å². The normalized spacial score (nSPS) is 11.5. The molecule has 3 aromatic carbocycles. The van der Waals surface area contributed by atoms with Crippen LogP contribution in [0.3, 0.4) is 0 Å². The Morgan fingerprint density at radius 3 is 1.33 bits per heavy atom. The van der Waals surface area contributed by atoms with Crippen molar-refractivity contribution in [3.63, 3.8) is 0 Å². The van der Waals surface area contributed by atoms with Crippen LogP contribution in [0.25, 0.3) is 0 Å².